The van der Waals surface area contributed by atoms with Crippen molar-refractivity contribution in [3.8, 4) is 0 Å². The summed E-state index contributed by atoms with van der Waals surface area (Å²) < 4.78 is 0. The summed E-state index contributed by atoms with van der Waals surface area (Å²) in [7, 11) is 0. The molecule has 0 aromatic carbocycles. The normalized spacial score (nSPS) is 19.9. The molecule has 1 saturated heterocycles. The van der Waals surface area contributed by atoms with E-state index in [0.717, 1.165) is 17.8 Å². The molecule has 2 atom stereocenters. The Morgan fingerprint density at radius 1 is 1.65 bits per heavy atom. The second-order valence-electron chi connectivity index (χ2n) is 5.04. The van der Waals surface area contributed by atoms with Crippen LogP contribution >= 0.6 is 11.3 Å². The number of rotatable bonds is 5. The van der Waals surface area contributed by atoms with Gasteiger partial charge in [0, 0.05) is 36.6 Å². The molecule has 1 aliphatic heterocycles. The third-order valence-corrected chi connectivity index (χ3v) is 4.49. The van der Waals surface area contributed by atoms with Crippen molar-refractivity contribution in [2.75, 3.05) is 13.1 Å². The van der Waals surface area contributed by atoms with Crippen molar-refractivity contribution in [3.05, 3.63) is 16.6 Å². The van der Waals surface area contributed by atoms with Crippen LogP contribution in [-0.2, 0) is 4.79 Å². The lowest BCUT2D eigenvalue weighted by molar-refractivity contribution is -0.137. The summed E-state index contributed by atoms with van der Waals surface area (Å²) in [6.45, 7) is 3.16. The number of carboxylic acids is 1. The van der Waals surface area contributed by atoms with Crippen molar-refractivity contribution in [3.63, 3.8) is 0 Å². The van der Waals surface area contributed by atoms with Crippen LogP contribution in [-0.4, -0.2) is 46.1 Å². The van der Waals surface area contributed by atoms with Crippen LogP contribution in [0.15, 0.2) is 11.6 Å². The Morgan fingerprint density at radius 2 is 2.45 bits per heavy atom. The molecule has 1 aromatic rings. The molecule has 2 unspecified atom stereocenters. The van der Waals surface area contributed by atoms with E-state index < -0.39 is 5.97 Å². The van der Waals surface area contributed by atoms with E-state index in [-0.39, 0.29) is 24.4 Å². The number of urea groups is 1. The molecule has 2 rings (SSSR count). The summed E-state index contributed by atoms with van der Waals surface area (Å²) in [5.74, 6) is -0.690. The van der Waals surface area contributed by atoms with Gasteiger partial charge in [0.25, 0.3) is 0 Å². The molecule has 2 heterocycles. The van der Waals surface area contributed by atoms with Crippen molar-refractivity contribution < 1.29 is 14.7 Å². The van der Waals surface area contributed by atoms with Crippen molar-refractivity contribution in [1.82, 2.24) is 15.2 Å². The van der Waals surface area contributed by atoms with E-state index >= 15 is 0 Å². The number of amides is 2. The van der Waals surface area contributed by atoms with E-state index in [2.05, 4.69) is 10.3 Å². The highest BCUT2D eigenvalue weighted by Crippen LogP contribution is 2.21. The Bertz CT molecular complexity index is 463. The van der Waals surface area contributed by atoms with E-state index in [0.29, 0.717) is 13.1 Å². The number of hydrogen-bond donors (Lipinski definition) is 2. The van der Waals surface area contributed by atoms with Gasteiger partial charge in [-0.1, -0.05) is 6.92 Å². The zero-order chi connectivity index (χ0) is 14.5. The van der Waals surface area contributed by atoms with Crippen molar-refractivity contribution in [2.24, 2.45) is 0 Å². The summed E-state index contributed by atoms with van der Waals surface area (Å²) in [5, 5.41) is 14.6. The molecular weight excluding hydrogens is 278 g/mol. The Hall–Kier alpha value is -1.63. The smallest absolute Gasteiger partial charge is 0.317 e. The lowest BCUT2D eigenvalue weighted by Gasteiger charge is -2.24. The van der Waals surface area contributed by atoms with E-state index in [4.69, 9.17) is 5.11 Å². The first-order chi connectivity index (χ1) is 9.58. The highest BCUT2D eigenvalue weighted by molar-refractivity contribution is 7.09. The van der Waals surface area contributed by atoms with Gasteiger partial charge in [0.05, 0.1) is 11.4 Å². The molecule has 1 aliphatic rings. The molecule has 2 amide bonds. The highest BCUT2D eigenvalue weighted by atomic mass is 32.1. The van der Waals surface area contributed by atoms with Crippen LogP contribution in [0.2, 0.25) is 0 Å². The molecule has 0 bridgehead atoms. The first kappa shape index (κ1) is 14.8. The highest BCUT2D eigenvalue weighted by Gasteiger charge is 2.30. The molecule has 20 heavy (non-hydrogen) atoms. The summed E-state index contributed by atoms with van der Waals surface area (Å²) in [6, 6.07) is -0.347. The zero-order valence-electron chi connectivity index (χ0n) is 11.4. The van der Waals surface area contributed by atoms with Gasteiger partial charge in [-0.15, -0.1) is 11.3 Å². The van der Waals surface area contributed by atoms with Crippen LogP contribution in [0.3, 0.4) is 0 Å². The average molecular weight is 297 g/mol. The van der Waals surface area contributed by atoms with Gasteiger partial charge in [-0.3, -0.25) is 4.79 Å². The van der Waals surface area contributed by atoms with Gasteiger partial charge < -0.3 is 15.3 Å². The summed E-state index contributed by atoms with van der Waals surface area (Å²) in [4.78, 5) is 28.8. The molecule has 110 valence electrons. The van der Waals surface area contributed by atoms with Crippen molar-refractivity contribution in [2.45, 2.75) is 38.1 Å². The standard InChI is InChI=1S/C13H19N3O3S/c1-9(12-14-4-6-20-12)8-15-13(19)16-5-2-3-10(16)7-11(17)18/h4,6,9-10H,2-3,5,7-8H2,1H3,(H,15,19)(H,17,18). The Labute approximate surface area is 121 Å². The predicted molar refractivity (Wildman–Crippen MR) is 75.9 cm³/mol. The van der Waals surface area contributed by atoms with Gasteiger partial charge in [0.1, 0.15) is 0 Å². The minimum absolute atomic E-state index is 0.0233. The molecule has 1 fully saturated rings. The monoisotopic (exact) mass is 297 g/mol. The largest absolute Gasteiger partial charge is 0.481 e. The first-order valence-electron chi connectivity index (χ1n) is 6.73. The van der Waals surface area contributed by atoms with Crippen LogP contribution in [0.4, 0.5) is 4.79 Å². The predicted octanol–water partition coefficient (Wildman–Crippen LogP) is 1.90. The molecule has 0 spiro atoms. The number of likely N-dealkylation sites (tertiary alicyclic amines) is 1. The van der Waals surface area contributed by atoms with E-state index in [9.17, 15) is 9.59 Å². The van der Waals surface area contributed by atoms with Crippen molar-refractivity contribution >= 4 is 23.3 Å². The fourth-order valence-electron chi connectivity index (χ4n) is 2.42. The fourth-order valence-corrected chi connectivity index (χ4v) is 3.12. The number of aliphatic carboxylic acids is 1. The van der Waals surface area contributed by atoms with Gasteiger partial charge in [0.15, 0.2) is 0 Å². The topological polar surface area (TPSA) is 82.5 Å². The molecule has 6 nitrogen and oxygen atoms in total. The quantitative estimate of drug-likeness (QED) is 0.869. The number of thiazole rings is 1. The molecular formula is C13H19N3O3S. The SMILES string of the molecule is CC(CNC(=O)N1CCCC1CC(=O)O)c1nccs1. The van der Waals surface area contributed by atoms with Crippen molar-refractivity contribution in [1.29, 1.82) is 0 Å². The Morgan fingerprint density at radius 3 is 3.10 bits per heavy atom. The first-order valence-corrected chi connectivity index (χ1v) is 7.61. The Balaban J connectivity index is 1.83. The number of carbonyl (C=O) groups is 2. The second-order valence-corrected chi connectivity index (χ2v) is 5.97. The number of hydrogen-bond acceptors (Lipinski definition) is 4. The van der Waals surface area contributed by atoms with Crippen LogP contribution in [0.25, 0.3) is 0 Å². The van der Waals surface area contributed by atoms with Gasteiger partial charge in [0.2, 0.25) is 0 Å². The fraction of sp³-hybridized carbons (Fsp3) is 0.615. The molecule has 0 aliphatic carbocycles. The molecule has 0 saturated carbocycles. The molecule has 7 heteroatoms. The van der Waals surface area contributed by atoms with Gasteiger partial charge in [-0.05, 0) is 12.8 Å². The van der Waals surface area contributed by atoms with E-state index in [1.165, 1.54) is 0 Å². The molecule has 1 aromatic heterocycles. The third-order valence-electron chi connectivity index (χ3n) is 3.48. The van der Waals surface area contributed by atoms with Gasteiger partial charge in [-0.2, -0.15) is 0 Å². The van der Waals surface area contributed by atoms with E-state index in [1.54, 1.807) is 22.4 Å². The lowest BCUT2D eigenvalue weighted by Crippen LogP contribution is -2.44. The molecule has 2 N–H and O–H groups in total. The number of carboxylic acid groups (broad SMARTS) is 1. The van der Waals surface area contributed by atoms with Gasteiger partial charge in [-0.25, -0.2) is 9.78 Å². The maximum atomic E-state index is 12.1. The minimum Gasteiger partial charge on any atom is -0.481 e. The molecule has 0 radical (unpaired) electrons. The van der Waals surface area contributed by atoms with Gasteiger partial charge >= 0.3 is 12.0 Å². The Kier molecular flexibility index (Phi) is 4.94. The number of nitrogens with zero attached hydrogens (tertiary/aromatic N) is 2. The van der Waals surface area contributed by atoms with Crippen LogP contribution in [0.5, 0.6) is 0 Å². The van der Waals surface area contributed by atoms with Crippen LogP contribution in [0.1, 0.15) is 37.1 Å². The summed E-state index contributed by atoms with van der Waals surface area (Å²) in [6.07, 6.45) is 3.41. The number of aromatic nitrogens is 1. The van der Waals surface area contributed by atoms with E-state index in [1.807, 2.05) is 12.3 Å². The third kappa shape index (κ3) is 3.69. The number of nitrogens with one attached hydrogen (secondary N) is 1. The van der Waals surface area contributed by atoms with Crippen LogP contribution in [0, 0.1) is 0 Å². The maximum absolute atomic E-state index is 12.1. The van der Waals surface area contributed by atoms with Crippen LogP contribution < -0.4 is 5.32 Å². The lowest BCUT2D eigenvalue weighted by atomic mass is 10.1. The average Bonchev–Trinajstić information content (AvgIpc) is 3.05. The summed E-state index contributed by atoms with van der Waals surface area (Å²) >= 11 is 1.57. The second kappa shape index (κ2) is 6.69. The number of carbonyl (C=O) groups excluding carboxylic acids is 1. The maximum Gasteiger partial charge on any atom is 0.317 e. The zero-order valence-corrected chi connectivity index (χ0v) is 12.2. The summed E-state index contributed by atoms with van der Waals surface area (Å²) in [5.41, 5.74) is 0. The minimum atomic E-state index is -0.856.